The van der Waals surface area contributed by atoms with Gasteiger partial charge in [0.25, 0.3) is 0 Å². The van der Waals surface area contributed by atoms with Crippen LogP contribution in [0.2, 0.25) is 0 Å². The third-order valence-electron chi connectivity index (χ3n) is 2.63. The van der Waals surface area contributed by atoms with E-state index in [0.29, 0.717) is 0 Å². The molecule has 2 aromatic heterocycles. The molecule has 0 aliphatic rings. The molecule has 0 bridgehead atoms. The first kappa shape index (κ1) is 11.2. The lowest BCUT2D eigenvalue weighted by Crippen LogP contribution is -2.03. The minimum Gasteiger partial charge on any atom is -0.465 e. The van der Waals surface area contributed by atoms with Crippen LogP contribution in [0.1, 0.15) is 35.4 Å². The molecule has 2 heterocycles. The van der Waals surface area contributed by atoms with Crippen LogP contribution in [0.25, 0.3) is 0 Å². The molecule has 0 spiro atoms. The zero-order chi connectivity index (χ0) is 11.5. The fourth-order valence-corrected chi connectivity index (χ4v) is 1.89. The van der Waals surface area contributed by atoms with Gasteiger partial charge in [0.1, 0.15) is 11.5 Å². The number of nitrogens with zero attached hydrogens (tertiary/aromatic N) is 1. The normalized spacial score (nSPS) is 14.7. The minimum absolute atomic E-state index is 0.133. The van der Waals surface area contributed by atoms with E-state index in [1.54, 1.807) is 6.20 Å². The van der Waals surface area contributed by atoms with Crippen molar-refractivity contribution in [1.82, 2.24) is 4.98 Å². The van der Waals surface area contributed by atoms with Crippen molar-refractivity contribution < 1.29 is 4.42 Å². The van der Waals surface area contributed by atoms with Gasteiger partial charge in [0.2, 0.25) is 0 Å². The Bertz CT molecular complexity index is 452. The van der Waals surface area contributed by atoms with Crippen molar-refractivity contribution in [3.8, 4) is 0 Å². The summed E-state index contributed by atoms with van der Waals surface area (Å²) in [6, 6.07) is 9.70. The molecule has 2 atom stereocenters. The molecule has 0 saturated heterocycles. The molecule has 0 fully saturated rings. The van der Waals surface area contributed by atoms with E-state index < -0.39 is 0 Å². The van der Waals surface area contributed by atoms with Gasteiger partial charge in [0, 0.05) is 17.8 Å². The smallest absolute Gasteiger partial charge is 0.122 e. The predicted molar refractivity (Wildman–Crippen MR) is 64.7 cm³/mol. The van der Waals surface area contributed by atoms with Gasteiger partial charge in [0.15, 0.2) is 0 Å². The fourth-order valence-electron chi connectivity index (χ4n) is 1.64. The van der Waals surface area contributed by atoms with Crippen molar-refractivity contribution in [3.63, 3.8) is 0 Å². The van der Waals surface area contributed by atoms with Crippen LogP contribution in [0.5, 0.6) is 0 Å². The zero-order valence-corrected chi connectivity index (χ0v) is 10.1. The minimum atomic E-state index is -0.177. The highest BCUT2D eigenvalue weighted by molar-refractivity contribution is 6.21. The lowest BCUT2D eigenvalue weighted by molar-refractivity contribution is 0.460. The van der Waals surface area contributed by atoms with Gasteiger partial charge in [-0.1, -0.05) is 13.0 Å². The maximum absolute atomic E-state index is 6.37. The SMILES string of the molecule is Cc1ccc(C(Cl)C(C)c2ccccn2)o1. The highest BCUT2D eigenvalue weighted by Gasteiger charge is 2.21. The Morgan fingerprint density at radius 1 is 1.25 bits per heavy atom. The standard InChI is InChI=1S/C13H14ClNO/c1-9-6-7-12(16-9)13(14)10(2)11-5-3-4-8-15-11/h3-8,10,13H,1-2H3. The van der Waals surface area contributed by atoms with Gasteiger partial charge in [-0.3, -0.25) is 4.98 Å². The van der Waals surface area contributed by atoms with E-state index in [1.165, 1.54) is 0 Å². The van der Waals surface area contributed by atoms with E-state index in [4.69, 9.17) is 16.0 Å². The van der Waals surface area contributed by atoms with Crippen molar-refractivity contribution in [2.45, 2.75) is 25.1 Å². The Kier molecular flexibility index (Phi) is 3.30. The molecule has 0 aromatic carbocycles. The van der Waals surface area contributed by atoms with Crippen molar-refractivity contribution in [2.75, 3.05) is 0 Å². The van der Waals surface area contributed by atoms with Crippen LogP contribution in [0.15, 0.2) is 40.9 Å². The van der Waals surface area contributed by atoms with Crippen LogP contribution < -0.4 is 0 Å². The Labute approximate surface area is 100 Å². The van der Waals surface area contributed by atoms with Crippen molar-refractivity contribution in [3.05, 3.63) is 53.7 Å². The monoisotopic (exact) mass is 235 g/mol. The lowest BCUT2D eigenvalue weighted by Gasteiger charge is -2.15. The highest BCUT2D eigenvalue weighted by atomic mass is 35.5. The molecular weight excluding hydrogens is 222 g/mol. The molecule has 0 N–H and O–H groups in total. The lowest BCUT2D eigenvalue weighted by atomic mass is 10.0. The van der Waals surface area contributed by atoms with Gasteiger partial charge >= 0.3 is 0 Å². The molecule has 0 aliphatic carbocycles. The third-order valence-corrected chi connectivity index (χ3v) is 3.22. The number of pyridine rings is 1. The van der Waals surface area contributed by atoms with Crippen LogP contribution in [0, 0.1) is 6.92 Å². The van der Waals surface area contributed by atoms with E-state index in [2.05, 4.69) is 11.9 Å². The first-order chi connectivity index (χ1) is 7.68. The summed E-state index contributed by atoms with van der Waals surface area (Å²) < 4.78 is 5.53. The number of rotatable bonds is 3. The maximum atomic E-state index is 6.37. The summed E-state index contributed by atoms with van der Waals surface area (Å²) in [5, 5.41) is -0.177. The largest absolute Gasteiger partial charge is 0.465 e. The molecule has 0 amide bonds. The first-order valence-corrected chi connectivity index (χ1v) is 5.73. The Balaban J connectivity index is 2.19. The zero-order valence-electron chi connectivity index (χ0n) is 9.35. The van der Waals surface area contributed by atoms with Crippen molar-refractivity contribution in [2.24, 2.45) is 0 Å². The Morgan fingerprint density at radius 2 is 2.06 bits per heavy atom. The van der Waals surface area contributed by atoms with Gasteiger partial charge in [-0.15, -0.1) is 11.6 Å². The van der Waals surface area contributed by atoms with Crippen LogP contribution in [-0.2, 0) is 0 Å². The molecule has 16 heavy (non-hydrogen) atoms. The highest BCUT2D eigenvalue weighted by Crippen LogP contribution is 2.35. The second-order valence-corrected chi connectivity index (χ2v) is 4.36. The van der Waals surface area contributed by atoms with Crippen LogP contribution in [0.4, 0.5) is 0 Å². The van der Waals surface area contributed by atoms with Crippen LogP contribution >= 0.6 is 11.6 Å². The number of hydrogen-bond donors (Lipinski definition) is 0. The van der Waals surface area contributed by atoms with Gasteiger partial charge in [-0.25, -0.2) is 0 Å². The van der Waals surface area contributed by atoms with Gasteiger partial charge in [-0.05, 0) is 31.2 Å². The molecule has 0 saturated carbocycles. The van der Waals surface area contributed by atoms with E-state index in [0.717, 1.165) is 17.2 Å². The summed E-state index contributed by atoms with van der Waals surface area (Å²) in [5.74, 6) is 1.82. The number of hydrogen-bond acceptors (Lipinski definition) is 2. The molecule has 2 rings (SSSR count). The molecule has 0 radical (unpaired) electrons. The van der Waals surface area contributed by atoms with Gasteiger partial charge in [0.05, 0.1) is 5.38 Å². The van der Waals surface area contributed by atoms with Gasteiger partial charge < -0.3 is 4.42 Å². The van der Waals surface area contributed by atoms with E-state index in [9.17, 15) is 0 Å². The summed E-state index contributed by atoms with van der Waals surface area (Å²) in [6.45, 7) is 3.97. The Morgan fingerprint density at radius 3 is 2.62 bits per heavy atom. The summed E-state index contributed by atoms with van der Waals surface area (Å²) in [5.41, 5.74) is 0.983. The topological polar surface area (TPSA) is 26.0 Å². The Hall–Kier alpha value is -1.28. The number of aromatic nitrogens is 1. The second kappa shape index (κ2) is 4.71. The predicted octanol–water partition coefficient (Wildman–Crippen LogP) is 4.07. The maximum Gasteiger partial charge on any atom is 0.122 e. The fraction of sp³-hybridized carbons (Fsp3) is 0.308. The summed E-state index contributed by atoms with van der Waals surface area (Å²) in [4.78, 5) is 4.31. The molecule has 2 aromatic rings. The molecule has 0 aliphatic heterocycles. The van der Waals surface area contributed by atoms with E-state index in [1.807, 2.05) is 37.3 Å². The average molecular weight is 236 g/mol. The second-order valence-electron chi connectivity index (χ2n) is 3.89. The summed E-state index contributed by atoms with van der Waals surface area (Å²) >= 11 is 6.37. The van der Waals surface area contributed by atoms with Crippen molar-refractivity contribution in [1.29, 1.82) is 0 Å². The molecule has 2 nitrogen and oxygen atoms in total. The number of halogens is 1. The molecular formula is C13H14ClNO. The van der Waals surface area contributed by atoms with Crippen LogP contribution in [0.3, 0.4) is 0 Å². The summed E-state index contributed by atoms with van der Waals surface area (Å²) in [7, 11) is 0. The summed E-state index contributed by atoms with van der Waals surface area (Å²) in [6.07, 6.45) is 1.78. The van der Waals surface area contributed by atoms with Gasteiger partial charge in [-0.2, -0.15) is 0 Å². The molecule has 3 heteroatoms. The number of furan rings is 1. The van der Waals surface area contributed by atoms with Crippen LogP contribution in [-0.4, -0.2) is 4.98 Å². The molecule has 84 valence electrons. The third kappa shape index (κ3) is 2.27. The first-order valence-electron chi connectivity index (χ1n) is 5.30. The van der Waals surface area contributed by atoms with E-state index in [-0.39, 0.29) is 11.3 Å². The number of alkyl halides is 1. The van der Waals surface area contributed by atoms with E-state index >= 15 is 0 Å². The van der Waals surface area contributed by atoms with Crippen molar-refractivity contribution >= 4 is 11.6 Å². The average Bonchev–Trinajstić information content (AvgIpc) is 2.75. The number of aryl methyl sites for hydroxylation is 1. The molecule has 2 unspecified atom stereocenters. The quantitative estimate of drug-likeness (QED) is 0.750.